The summed E-state index contributed by atoms with van der Waals surface area (Å²) < 4.78 is 44.9. The molecule has 0 aliphatic rings. The van der Waals surface area contributed by atoms with E-state index in [2.05, 4.69) is 4.72 Å². The summed E-state index contributed by atoms with van der Waals surface area (Å²) in [6, 6.07) is 3.95. The fraction of sp³-hybridized carbons (Fsp3) is 0.167. The van der Waals surface area contributed by atoms with Crippen LogP contribution in [0.25, 0.3) is 0 Å². The van der Waals surface area contributed by atoms with Crippen molar-refractivity contribution in [3.8, 4) is 0 Å². The maximum atomic E-state index is 13.5. The summed E-state index contributed by atoms with van der Waals surface area (Å²) in [4.78, 5) is -0.159. The molecule has 3 N–H and O–H groups in total. The summed E-state index contributed by atoms with van der Waals surface area (Å²) >= 11 is 0. The van der Waals surface area contributed by atoms with Gasteiger partial charge < -0.3 is 10.2 Å². The SMILES string of the molecule is Cc1c(F)cc(N)cc1S(=O)(=O)NCc1ccoc1. The van der Waals surface area contributed by atoms with E-state index in [0.29, 0.717) is 5.56 Å². The molecule has 0 saturated heterocycles. The number of sulfonamides is 1. The topological polar surface area (TPSA) is 85.3 Å². The van der Waals surface area contributed by atoms with Gasteiger partial charge in [0.05, 0.1) is 17.4 Å². The Bertz CT molecular complexity index is 681. The third kappa shape index (κ3) is 2.94. The maximum Gasteiger partial charge on any atom is 0.241 e. The smallest absolute Gasteiger partial charge is 0.241 e. The second-order valence-electron chi connectivity index (χ2n) is 4.08. The first kappa shape index (κ1) is 13.6. The summed E-state index contributed by atoms with van der Waals surface area (Å²) in [5.74, 6) is -0.649. The Balaban J connectivity index is 2.29. The highest BCUT2D eigenvalue weighted by Crippen LogP contribution is 2.21. The zero-order valence-electron chi connectivity index (χ0n) is 10.2. The quantitative estimate of drug-likeness (QED) is 0.838. The van der Waals surface area contributed by atoms with E-state index in [0.717, 1.165) is 6.07 Å². The summed E-state index contributed by atoms with van der Waals surface area (Å²) in [5.41, 5.74) is 6.24. The summed E-state index contributed by atoms with van der Waals surface area (Å²) in [6.07, 6.45) is 2.87. The normalized spacial score (nSPS) is 11.7. The van der Waals surface area contributed by atoms with Crippen molar-refractivity contribution in [2.24, 2.45) is 0 Å². The molecule has 0 spiro atoms. The van der Waals surface area contributed by atoms with Crippen molar-refractivity contribution in [3.05, 3.63) is 47.7 Å². The van der Waals surface area contributed by atoms with Crippen LogP contribution in [0.15, 0.2) is 40.0 Å². The molecule has 0 amide bonds. The van der Waals surface area contributed by atoms with Crippen LogP contribution in [-0.4, -0.2) is 8.42 Å². The van der Waals surface area contributed by atoms with Gasteiger partial charge in [0.25, 0.3) is 0 Å². The predicted octanol–water partition coefficient (Wildman–Crippen LogP) is 1.79. The van der Waals surface area contributed by atoms with Crippen LogP contribution in [0.2, 0.25) is 0 Å². The molecule has 1 aromatic heterocycles. The number of anilines is 1. The van der Waals surface area contributed by atoms with E-state index >= 15 is 0 Å². The summed E-state index contributed by atoms with van der Waals surface area (Å²) in [7, 11) is -3.82. The number of halogens is 1. The lowest BCUT2D eigenvalue weighted by Gasteiger charge is -2.10. The van der Waals surface area contributed by atoms with Gasteiger partial charge >= 0.3 is 0 Å². The molecule has 1 heterocycles. The van der Waals surface area contributed by atoms with E-state index < -0.39 is 15.8 Å². The standard InChI is InChI=1S/C12H13FN2O3S/c1-8-11(13)4-10(14)5-12(8)19(16,17)15-6-9-2-3-18-7-9/h2-5,7,15H,6,14H2,1H3. The Morgan fingerprint density at radius 3 is 2.79 bits per heavy atom. The van der Waals surface area contributed by atoms with Crippen LogP contribution in [0.5, 0.6) is 0 Å². The minimum absolute atomic E-state index is 0.0360. The van der Waals surface area contributed by atoms with Gasteiger partial charge in [0.2, 0.25) is 10.0 Å². The lowest BCUT2D eigenvalue weighted by atomic mass is 10.2. The average molecular weight is 284 g/mol. The molecule has 0 atom stereocenters. The third-order valence-corrected chi connectivity index (χ3v) is 4.18. The van der Waals surface area contributed by atoms with E-state index in [-0.39, 0.29) is 22.7 Å². The molecule has 2 aromatic rings. The van der Waals surface area contributed by atoms with Crippen molar-refractivity contribution in [2.45, 2.75) is 18.4 Å². The number of hydrogen-bond donors (Lipinski definition) is 2. The van der Waals surface area contributed by atoms with E-state index in [1.54, 1.807) is 6.07 Å². The van der Waals surface area contributed by atoms with Crippen molar-refractivity contribution < 1.29 is 17.2 Å². The molecule has 19 heavy (non-hydrogen) atoms. The largest absolute Gasteiger partial charge is 0.472 e. The van der Waals surface area contributed by atoms with Gasteiger partial charge in [-0.1, -0.05) is 0 Å². The fourth-order valence-corrected chi connectivity index (χ4v) is 2.91. The number of furan rings is 1. The zero-order valence-corrected chi connectivity index (χ0v) is 11.0. The summed E-state index contributed by atoms with van der Waals surface area (Å²) in [6.45, 7) is 1.45. The minimum atomic E-state index is -3.82. The number of rotatable bonds is 4. The Kier molecular flexibility index (Phi) is 3.59. The fourth-order valence-electron chi connectivity index (χ4n) is 1.60. The van der Waals surface area contributed by atoms with E-state index in [4.69, 9.17) is 10.2 Å². The van der Waals surface area contributed by atoms with Crippen molar-refractivity contribution in [1.29, 1.82) is 0 Å². The highest BCUT2D eigenvalue weighted by atomic mass is 32.2. The van der Waals surface area contributed by atoms with Crippen LogP contribution < -0.4 is 10.5 Å². The number of nitrogens with one attached hydrogen (secondary N) is 1. The molecule has 5 nitrogen and oxygen atoms in total. The molecule has 2 rings (SSSR count). The van der Waals surface area contributed by atoms with Crippen LogP contribution in [0.1, 0.15) is 11.1 Å². The monoisotopic (exact) mass is 284 g/mol. The molecular weight excluding hydrogens is 271 g/mol. The first-order chi connectivity index (χ1) is 8.90. The van der Waals surface area contributed by atoms with Crippen molar-refractivity contribution in [1.82, 2.24) is 4.72 Å². The summed E-state index contributed by atoms with van der Waals surface area (Å²) in [5, 5.41) is 0. The zero-order chi connectivity index (χ0) is 14.0. The van der Waals surface area contributed by atoms with Crippen molar-refractivity contribution in [3.63, 3.8) is 0 Å². The Morgan fingerprint density at radius 1 is 1.42 bits per heavy atom. The van der Waals surface area contributed by atoms with E-state index in [9.17, 15) is 12.8 Å². The molecule has 1 aromatic carbocycles. The number of benzene rings is 1. The van der Waals surface area contributed by atoms with Gasteiger partial charge in [0.15, 0.2) is 0 Å². The van der Waals surface area contributed by atoms with Crippen molar-refractivity contribution in [2.75, 3.05) is 5.73 Å². The van der Waals surface area contributed by atoms with Crippen LogP contribution in [0.3, 0.4) is 0 Å². The molecule has 0 saturated carbocycles. The van der Waals surface area contributed by atoms with Crippen LogP contribution >= 0.6 is 0 Å². The molecule has 7 heteroatoms. The average Bonchev–Trinajstić information content (AvgIpc) is 2.84. The molecule has 0 aliphatic carbocycles. The highest BCUT2D eigenvalue weighted by molar-refractivity contribution is 7.89. The highest BCUT2D eigenvalue weighted by Gasteiger charge is 2.19. The van der Waals surface area contributed by atoms with Gasteiger partial charge in [-0.25, -0.2) is 17.5 Å². The molecule has 102 valence electrons. The van der Waals surface area contributed by atoms with Gasteiger partial charge in [-0.3, -0.25) is 0 Å². The van der Waals surface area contributed by atoms with Gasteiger partial charge in [0.1, 0.15) is 5.82 Å². The molecule has 0 radical (unpaired) electrons. The molecule has 0 unspecified atom stereocenters. The van der Waals surface area contributed by atoms with Crippen LogP contribution in [0.4, 0.5) is 10.1 Å². The Labute approximate surface area is 110 Å². The lowest BCUT2D eigenvalue weighted by Crippen LogP contribution is -2.24. The number of hydrogen-bond acceptors (Lipinski definition) is 4. The first-order valence-corrected chi connectivity index (χ1v) is 6.95. The minimum Gasteiger partial charge on any atom is -0.472 e. The molecular formula is C12H13FN2O3S. The number of nitrogens with two attached hydrogens (primary N) is 1. The molecule has 0 fully saturated rings. The van der Waals surface area contributed by atoms with Crippen LogP contribution in [-0.2, 0) is 16.6 Å². The maximum absolute atomic E-state index is 13.5. The first-order valence-electron chi connectivity index (χ1n) is 5.46. The van der Waals surface area contributed by atoms with Crippen molar-refractivity contribution >= 4 is 15.7 Å². The lowest BCUT2D eigenvalue weighted by molar-refractivity contribution is 0.560. The second-order valence-corrected chi connectivity index (χ2v) is 5.82. The second kappa shape index (κ2) is 5.02. The van der Waals surface area contributed by atoms with E-state index in [1.807, 2.05) is 0 Å². The molecule has 0 aliphatic heterocycles. The molecule has 0 bridgehead atoms. The van der Waals surface area contributed by atoms with Gasteiger partial charge in [-0.2, -0.15) is 0 Å². The van der Waals surface area contributed by atoms with E-state index in [1.165, 1.54) is 25.5 Å². The van der Waals surface area contributed by atoms with Gasteiger partial charge in [0, 0.05) is 23.4 Å². The Hall–Kier alpha value is -1.86. The van der Waals surface area contributed by atoms with Gasteiger partial charge in [-0.15, -0.1) is 0 Å². The predicted molar refractivity (Wildman–Crippen MR) is 68.3 cm³/mol. The Morgan fingerprint density at radius 2 is 2.16 bits per heavy atom. The third-order valence-electron chi connectivity index (χ3n) is 2.65. The van der Waals surface area contributed by atoms with Crippen LogP contribution in [0, 0.1) is 12.7 Å². The van der Waals surface area contributed by atoms with Gasteiger partial charge in [-0.05, 0) is 25.1 Å². The number of nitrogen functional groups attached to an aromatic ring is 1.